The van der Waals surface area contributed by atoms with Gasteiger partial charge >= 0.3 is 0 Å². The zero-order valence-electron chi connectivity index (χ0n) is 16.6. The van der Waals surface area contributed by atoms with Crippen molar-refractivity contribution in [3.05, 3.63) is 47.6 Å². The van der Waals surface area contributed by atoms with Crippen LogP contribution < -0.4 is 10.2 Å². The van der Waals surface area contributed by atoms with Crippen molar-refractivity contribution in [3.63, 3.8) is 0 Å². The Hall–Kier alpha value is -3.00. The zero-order valence-corrected chi connectivity index (χ0v) is 17.4. The van der Waals surface area contributed by atoms with Crippen LogP contribution in [0.25, 0.3) is 10.2 Å². The fourth-order valence-corrected chi connectivity index (χ4v) is 5.03. The van der Waals surface area contributed by atoms with Crippen LogP contribution in [0, 0.1) is 5.92 Å². The number of fused-ring (bicyclic) bond motifs is 2. The van der Waals surface area contributed by atoms with Crippen molar-refractivity contribution in [2.24, 2.45) is 5.92 Å². The molecule has 1 fully saturated rings. The molecule has 0 saturated carbocycles. The highest BCUT2D eigenvalue weighted by atomic mass is 32.1. The maximum Gasteiger partial charge on any atom is 0.227 e. The molecule has 0 aliphatic carbocycles. The summed E-state index contributed by atoms with van der Waals surface area (Å²) >= 11 is 1.61. The number of piperazine rings is 1. The maximum atomic E-state index is 12.8. The van der Waals surface area contributed by atoms with E-state index < -0.39 is 0 Å². The molecule has 1 aromatic carbocycles. The second kappa shape index (κ2) is 8.02. The number of benzene rings is 1. The first kappa shape index (κ1) is 19.0. The maximum absolute atomic E-state index is 12.8. The van der Waals surface area contributed by atoms with Crippen molar-refractivity contribution in [2.45, 2.75) is 19.3 Å². The molecule has 1 N–H and O–H groups in total. The SMILES string of the molecule is O=C1Nc2ccccc2CC1CCC(=O)N1CCN(c2ncnc3sccc23)CC1. The number of hydrogen-bond donors (Lipinski definition) is 1. The van der Waals surface area contributed by atoms with E-state index >= 15 is 0 Å². The summed E-state index contributed by atoms with van der Waals surface area (Å²) < 4.78 is 0. The van der Waals surface area contributed by atoms with Gasteiger partial charge < -0.3 is 15.1 Å². The van der Waals surface area contributed by atoms with Crippen molar-refractivity contribution in [2.75, 3.05) is 36.4 Å². The molecule has 1 unspecified atom stereocenters. The Bertz CT molecular complexity index is 1090. The standard InChI is InChI=1S/C22H23N5O2S/c28-19(6-5-16-13-15-3-1-2-4-18(15)25-21(16)29)26-8-10-27(11-9-26)20-17-7-12-30-22(17)24-14-23-20/h1-4,7,12,14,16H,5-6,8-11,13H2,(H,25,29). The minimum atomic E-state index is -0.141. The van der Waals surface area contributed by atoms with Gasteiger partial charge in [-0.25, -0.2) is 9.97 Å². The molecule has 30 heavy (non-hydrogen) atoms. The van der Waals surface area contributed by atoms with E-state index in [1.807, 2.05) is 34.5 Å². The van der Waals surface area contributed by atoms with Crippen LogP contribution in [-0.2, 0) is 16.0 Å². The summed E-state index contributed by atoms with van der Waals surface area (Å²) in [4.78, 5) is 39.1. The highest BCUT2D eigenvalue weighted by Gasteiger charge is 2.28. The Morgan fingerprint density at radius 2 is 1.97 bits per heavy atom. The number of thiophene rings is 1. The molecule has 5 rings (SSSR count). The van der Waals surface area contributed by atoms with E-state index in [4.69, 9.17) is 0 Å². The number of carbonyl (C=O) groups is 2. The fraction of sp³-hybridized carbons (Fsp3) is 0.364. The van der Waals surface area contributed by atoms with Crippen molar-refractivity contribution in [3.8, 4) is 0 Å². The van der Waals surface area contributed by atoms with Gasteiger partial charge in [-0.3, -0.25) is 9.59 Å². The number of para-hydroxylation sites is 1. The third-order valence-electron chi connectivity index (χ3n) is 5.99. The van der Waals surface area contributed by atoms with Crippen LogP contribution >= 0.6 is 11.3 Å². The van der Waals surface area contributed by atoms with Gasteiger partial charge in [0.15, 0.2) is 0 Å². The van der Waals surface area contributed by atoms with Gasteiger partial charge in [0.1, 0.15) is 17.0 Å². The summed E-state index contributed by atoms with van der Waals surface area (Å²) in [5, 5.41) is 6.07. The average molecular weight is 422 g/mol. The molecule has 2 aliphatic heterocycles. The number of amides is 2. The Kier molecular flexibility index (Phi) is 5.08. The average Bonchev–Trinajstić information content (AvgIpc) is 3.26. The third kappa shape index (κ3) is 3.63. The third-order valence-corrected chi connectivity index (χ3v) is 6.81. The summed E-state index contributed by atoms with van der Waals surface area (Å²) in [6.07, 6.45) is 3.30. The molecule has 0 radical (unpaired) electrons. The van der Waals surface area contributed by atoms with Gasteiger partial charge in [0.25, 0.3) is 0 Å². The number of carbonyl (C=O) groups excluding carboxylic acids is 2. The first-order chi connectivity index (χ1) is 14.7. The normalized spacial score (nSPS) is 18.9. The van der Waals surface area contributed by atoms with Crippen LogP contribution in [0.4, 0.5) is 11.5 Å². The van der Waals surface area contributed by atoms with Gasteiger partial charge in [-0.05, 0) is 35.9 Å². The molecule has 1 atom stereocenters. The Morgan fingerprint density at radius 1 is 1.13 bits per heavy atom. The van der Waals surface area contributed by atoms with E-state index in [0.717, 1.165) is 40.4 Å². The molecule has 0 spiro atoms. The summed E-state index contributed by atoms with van der Waals surface area (Å²) in [5.74, 6) is 0.962. The summed E-state index contributed by atoms with van der Waals surface area (Å²) in [6, 6.07) is 9.93. The Labute approximate surface area is 178 Å². The molecule has 4 heterocycles. The molecule has 154 valence electrons. The van der Waals surface area contributed by atoms with E-state index in [0.29, 0.717) is 32.4 Å². The van der Waals surface area contributed by atoms with Crippen molar-refractivity contribution < 1.29 is 9.59 Å². The monoisotopic (exact) mass is 421 g/mol. The molecule has 2 aromatic heterocycles. The van der Waals surface area contributed by atoms with Crippen LogP contribution in [0.3, 0.4) is 0 Å². The quantitative estimate of drug-likeness (QED) is 0.701. The van der Waals surface area contributed by atoms with Gasteiger partial charge in [0.2, 0.25) is 11.8 Å². The minimum Gasteiger partial charge on any atom is -0.352 e. The smallest absolute Gasteiger partial charge is 0.227 e. The van der Waals surface area contributed by atoms with Crippen molar-refractivity contribution in [1.29, 1.82) is 0 Å². The lowest BCUT2D eigenvalue weighted by molar-refractivity contribution is -0.132. The number of nitrogens with zero attached hydrogens (tertiary/aromatic N) is 4. The second-order valence-corrected chi connectivity index (χ2v) is 8.69. The molecule has 1 saturated heterocycles. The lowest BCUT2D eigenvalue weighted by atomic mass is 9.89. The van der Waals surface area contributed by atoms with Crippen LogP contribution in [0.15, 0.2) is 42.0 Å². The lowest BCUT2D eigenvalue weighted by Crippen LogP contribution is -2.49. The minimum absolute atomic E-state index is 0.0230. The predicted octanol–water partition coefficient (Wildman–Crippen LogP) is 2.93. The van der Waals surface area contributed by atoms with Gasteiger partial charge in [0.05, 0.1) is 5.39 Å². The highest BCUT2D eigenvalue weighted by Crippen LogP contribution is 2.29. The Balaban J connectivity index is 1.16. The van der Waals surface area contributed by atoms with E-state index in [1.165, 1.54) is 0 Å². The molecule has 2 aliphatic rings. The van der Waals surface area contributed by atoms with Gasteiger partial charge in [-0.2, -0.15) is 0 Å². The molecule has 0 bridgehead atoms. The molecule has 3 aromatic rings. The van der Waals surface area contributed by atoms with Crippen LogP contribution in [-0.4, -0.2) is 52.9 Å². The number of aromatic nitrogens is 2. The van der Waals surface area contributed by atoms with E-state index in [9.17, 15) is 9.59 Å². The predicted molar refractivity (Wildman–Crippen MR) is 118 cm³/mol. The van der Waals surface area contributed by atoms with Gasteiger partial charge in [-0.1, -0.05) is 18.2 Å². The fourth-order valence-electron chi connectivity index (χ4n) is 4.30. The second-order valence-electron chi connectivity index (χ2n) is 7.79. The lowest BCUT2D eigenvalue weighted by Gasteiger charge is -2.36. The first-order valence-corrected chi connectivity index (χ1v) is 11.2. The van der Waals surface area contributed by atoms with Gasteiger partial charge in [-0.15, -0.1) is 11.3 Å². The highest BCUT2D eigenvalue weighted by molar-refractivity contribution is 7.16. The zero-order chi connectivity index (χ0) is 20.5. The first-order valence-electron chi connectivity index (χ1n) is 10.3. The summed E-state index contributed by atoms with van der Waals surface area (Å²) in [6.45, 7) is 2.86. The van der Waals surface area contributed by atoms with E-state index in [-0.39, 0.29) is 17.7 Å². The van der Waals surface area contributed by atoms with E-state index in [2.05, 4.69) is 26.3 Å². The number of anilines is 2. The Morgan fingerprint density at radius 3 is 2.83 bits per heavy atom. The summed E-state index contributed by atoms with van der Waals surface area (Å²) in [7, 11) is 0. The van der Waals surface area contributed by atoms with Gasteiger partial charge in [0, 0.05) is 44.2 Å². The number of hydrogen-bond acceptors (Lipinski definition) is 6. The molecular weight excluding hydrogens is 398 g/mol. The van der Waals surface area contributed by atoms with Crippen LogP contribution in [0.5, 0.6) is 0 Å². The molecule has 7 nitrogen and oxygen atoms in total. The molecule has 8 heteroatoms. The molecular formula is C22H23N5O2S. The molecule has 2 amide bonds. The van der Waals surface area contributed by atoms with Crippen molar-refractivity contribution >= 4 is 44.9 Å². The largest absolute Gasteiger partial charge is 0.352 e. The summed E-state index contributed by atoms with van der Waals surface area (Å²) in [5.41, 5.74) is 2.04. The topological polar surface area (TPSA) is 78.4 Å². The van der Waals surface area contributed by atoms with E-state index in [1.54, 1.807) is 17.7 Å². The van der Waals surface area contributed by atoms with Crippen LogP contribution in [0.1, 0.15) is 18.4 Å². The number of rotatable bonds is 4. The number of nitrogens with one attached hydrogen (secondary N) is 1. The van der Waals surface area contributed by atoms with Crippen LogP contribution in [0.2, 0.25) is 0 Å². The van der Waals surface area contributed by atoms with Crippen molar-refractivity contribution in [1.82, 2.24) is 14.9 Å².